The number of carbonyl (C=O) groups excluding carboxylic acids is 1. The fourth-order valence-corrected chi connectivity index (χ4v) is 3.85. The average molecular weight is 456 g/mol. The van der Waals surface area contributed by atoms with Gasteiger partial charge in [-0.1, -0.05) is 43.3 Å². The van der Waals surface area contributed by atoms with E-state index in [1.807, 2.05) is 48.5 Å². The summed E-state index contributed by atoms with van der Waals surface area (Å²) in [6.45, 7) is 1.83. The van der Waals surface area contributed by atoms with Crippen LogP contribution in [0.15, 0.2) is 78.2 Å². The van der Waals surface area contributed by atoms with Crippen molar-refractivity contribution in [2.45, 2.75) is 19.3 Å². The van der Waals surface area contributed by atoms with Crippen LogP contribution in [0.1, 0.15) is 29.5 Å². The molecule has 34 heavy (non-hydrogen) atoms. The van der Waals surface area contributed by atoms with Crippen LogP contribution in [0.5, 0.6) is 23.0 Å². The summed E-state index contributed by atoms with van der Waals surface area (Å²) in [6.07, 6.45) is 0.927. The standard InChI is InChI=1S/C27H24N2O5/c1-3-17-8-10-18(11-9-17)32-16-25(30)33-19-12-13-21-24(14-19)34-27(29)22(15-28)26(21)20-6-4-5-7-23(20)31-2/h4-14,26H,3,16,29H2,1-2H3. The lowest BCUT2D eigenvalue weighted by molar-refractivity contribution is -0.136. The molecule has 3 aromatic carbocycles. The Balaban J connectivity index is 1.54. The minimum absolute atomic E-state index is 0.00626. The molecule has 2 N–H and O–H groups in total. The first-order valence-electron chi connectivity index (χ1n) is 10.8. The number of esters is 1. The van der Waals surface area contributed by atoms with Gasteiger partial charge in [-0.25, -0.2) is 4.79 Å². The van der Waals surface area contributed by atoms with Gasteiger partial charge in [-0.05, 0) is 36.2 Å². The van der Waals surface area contributed by atoms with E-state index in [0.29, 0.717) is 22.8 Å². The minimum atomic E-state index is -0.558. The smallest absolute Gasteiger partial charge is 0.349 e. The largest absolute Gasteiger partial charge is 0.496 e. The third-order valence-corrected chi connectivity index (χ3v) is 5.56. The highest BCUT2D eigenvalue weighted by atomic mass is 16.6. The molecule has 1 aliphatic rings. The Bertz CT molecular complexity index is 1270. The highest BCUT2D eigenvalue weighted by molar-refractivity contribution is 5.74. The summed E-state index contributed by atoms with van der Waals surface area (Å²) in [6, 6.07) is 22.1. The molecule has 0 bridgehead atoms. The molecule has 0 spiro atoms. The van der Waals surface area contributed by atoms with Crippen LogP contribution < -0.4 is 24.7 Å². The first-order valence-corrected chi connectivity index (χ1v) is 10.8. The quantitative estimate of drug-likeness (QED) is 0.413. The molecule has 7 nitrogen and oxygen atoms in total. The maximum atomic E-state index is 12.3. The number of ether oxygens (including phenoxy) is 4. The second kappa shape index (κ2) is 10.0. The normalized spacial score (nSPS) is 14.4. The molecule has 0 fully saturated rings. The van der Waals surface area contributed by atoms with E-state index in [1.54, 1.807) is 25.3 Å². The Morgan fingerprint density at radius 3 is 2.50 bits per heavy atom. The Labute approximate surface area is 197 Å². The van der Waals surface area contributed by atoms with Gasteiger partial charge in [0.05, 0.1) is 13.0 Å². The highest BCUT2D eigenvalue weighted by Crippen LogP contribution is 2.45. The van der Waals surface area contributed by atoms with Gasteiger partial charge in [0.25, 0.3) is 0 Å². The number of aryl methyl sites for hydroxylation is 1. The first-order chi connectivity index (χ1) is 16.5. The van der Waals surface area contributed by atoms with E-state index in [1.165, 1.54) is 5.56 Å². The summed E-state index contributed by atoms with van der Waals surface area (Å²) in [7, 11) is 1.57. The number of allylic oxidation sites excluding steroid dienone is 1. The third kappa shape index (κ3) is 4.66. The van der Waals surface area contributed by atoms with Gasteiger partial charge in [0, 0.05) is 17.2 Å². The SMILES string of the molecule is CCc1ccc(OCC(=O)Oc2ccc3c(c2)OC(N)=C(C#N)C3c2ccccc2OC)cc1. The number of hydrogen-bond donors (Lipinski definition) is 1. The summed E-state index contributed by atoms with van der Waals surface area (Å²) in [5, 5.41) is 9.75. The Morgan fingerprint density at radius 2 is 1.79 bits per heavy atom. The van der Waals surface area contributed by atoms with Gasteiger partial charge in [0.15, 0.2) is 6.61 Å². The highest BCUT2D eigenvalue weighted by Gasteiger charge is 2.32. The monoisotopic (exact) mass is 456 g/mol. The fraction of sp³-hybridized carbons (Fsp3) is 0.185. The maximum Gasteiger partial charge on any atom is 0.349 e. The molecule has 0 saturated carbocycles. The number of benzene rings is 3. The predicted molar refractivity (Wildman–Crippen MR) is 126 cm³/mol. The molecule has 0 aromatic heterocycles. The molecule has 0 amide bonds. The number of nitriles is 1. The summed E-state index contributed by atoms with van der Waals surface area (Å²) >= 11 is 0. The van der Waals surface area contributed by atoms with Crippen LogP contribution in [0.2, 0.25) is 0 Å². The molecule has 7 heteroatoms. The minimum Gasteiger partial charge on any atom is -0.496 e. The van der Waals surface area contributed by atoms with E-state index in [-0.39, 0.29) is 23.8 Å². The van der Waals surface area contributed by atoms with E-state index < -0.39 is 11.9 Å². The van der Waals surface area contributed by atoms with Gasteiger partial charge in [-0.15, -0.1) is 0 Å². The molecule has 1 aliphatic heterocycles. The van der Waals surface area contributed by atoms with Gasteiger partial charge >= 0.3 is 5.97 Å². The van der Waals surface area contributed by atoms with Crippen molar-refractivity contribution in [3.8, 4) is 29.1 Å². The van der Waals surface area contributed by atoms with Crippen LogP contribution in [0.4, 0.5) is 0 Å². The Hall–Kier alpha value is -4.44. The number of rotatable bonds is 7. The number of nitrogens with zero attached hydrogens (tertiary/aromatic N) is 1. The third-order valence-electron chi connectivity index (χ3n) is 5.56. The summed E-state index contributed by atoms with van der Waals surface area (Å²) in [5.41, 5.74) is 9.03. The Kier molecular flexibility index (Phi) is 6.69. The zero-order valence-corrected chi connectivity index (χ0v) is 18.9. The molecule has 0 saturated heterocycles. The zero-order chi connectivity index (χ0) is 24.1. The van der Waals surface area contributed by atoms with Crippen molar-refractivity contribution in [2.24, 2.45) is 5.73 Å². The Morgan fingerprint density at radius 1 is 1.06 bits per heavy atom. The van der Waals surface area contributed by atoms with Crippen molar-refractivity contribution in [1.29, 1.82) is 5.26 Å². The number of methoxy groups -OCH3 is 1. The molecule has 4 rings (SSSR count). The lowest BCUT2D eigenvalue weighted by Gasteiger charge is -2.27. The van der Waals surface area contributed by atoms with Gasteiger partial charge in [-0.3, -0.25) is 0 Å². The lowest BCUT2D eigenvalue weighted by Crippen LogP contribution is -2.22. The number of nitrogens with two attached hydrogens (primary N) is 1. The number of hydrogen-bond acceptors (Lipinski definition) is 7. The number of fused-ring (bicyclic) bond motifs is 1. The molecule has 3 aromatic rings. The van der Waals surface area contributed by atoms with Crippen molar-refractivity contribution in [2.75, 3.05) is 13.7 Å². The first kappa shape index (κ1) is 22.7. The van der Waals surface area contributed by atoms with E-state index >= 15 is 0 Å². The van der Waals surface area contributed by atoms with Crippen LogP contribution in [-0.4, -0.2) is 19.7 Å². The summed E-state index contributed by atoms with van der Waals surface area (Å²) < 4.78 is 22.1. The van der Waals surface area contributed by atoms with Crippen molar-refractivity contribution in [1.82, 2.24) is 0 Å². The van der Waals surface area contributed by atoms with Gasteiger partial charge in [0.2, 0.25) is 5.88 Å². The molecule has 172 valence electrons. The number of para-hydroxylation sites is 1. The van der Waals surface area contributed by atoms with Gasteiger partial charge in [0.1, 0.15) is 34.6 Å². The van der Waals surface area contributed by atoms with Crippen molar-refractivity contribution in [3.05, 3.63) is 94.9 Å². The average Bonchev–Trinajstić information content (AvgIpc) is 2.86. The van der Waals surface area contributed by atoms with Crippen molar-refractivity contribution >= 4 is 5.97 Å². The molecular formula is C27H24N2O5. The van der Waals surface area contributed by atoms with E-state index in [0.717, 1.165) is 12.0 Å². The fourth-order valence-electron chi connectivity index (χ4n) is 3.85. The molecule has 0 aliphatic carbocycles. The van der Waals surface area contributed by atoms with Crippen LogP contribution in [0, 0.1) is 11.3 Å². The van der Waals surface area contributed by atoms with Crippen LogP contribution >= 0.6 is 0 Å². The molecule has 1 heterocycles. The van der Waals surface area contributed by atoms with E-state index in [2.05, 4.69) is 13.0 Å². The molecule has 1 unspecified atom stereocenters. The van der Waals surface area contributed by atoms with Crippen molar-refractivity contribution < 1.29 is 23.7 Å². The van der Waals surface area contributed by atoms with E-state index in [9.17, 15) is 10.1 Å². The lowest BCUT2D eigenvalue weighted by atomic mass is 9.83. The molecule has 1 atom stereocenters. The second-order valence-corrected chi connectivity index (χ2v) is 7.63. The van der Waals surface area contributed by atoms with E-state index in [4.69, 9.17) is 24.7 Å². The molecule has 0 radical (unpaired) electrons. The maximum absolute atomic E-state index is 12.3. The predicted octanol–water partition coefficient (Wildman–Crippen LogP) is 4.46. The van der Waals surface area contributed by atoms with Crippen LogP contribution in [0.25, 0.3) is 0 Å². The molecular weight excluding hydrogens is 432 g/mol. The zero-order valence-electron chi connectivity index (χ0n) is 18.9. The van der Waals surface area contributed by atoms with Crippen LogP contribution in [-0.2, 0) is 11.2 Å². The number of carbonyl (C=O) groups is 1. The summed E-state index contributed by atoms with van der Waals surface area (Å²) in [5.74, 6) is 0.842. The summed E-state index contributed by atoms with van der Waals surface area (Å²) in [4.78, 5) is 12.3. The van der Waals surface area contributed by atoms with Crippen LogP contribution in [0.3, 0.4) is 0 Å². The van der Waals surface area contributed by atoms with Gasteiger partial charge < -0.3 is 24.7 Å². The second-order valence-electron chi connectivity index (χ2n) is 7.63. The van der Waals surface area contributed by atoms with Gasteiger partial charge in [-0.2, -0.15) is 5.26 Å². The van der Waals surface area contributed by atoms with Crippen molar-refractivity contribution in [3.63, 3.8) is 0 Å². The topological polar surface area (TPSA) is 104 Å².